The first kappa shape index (κ1) is 18.7. The molecule has 1 saturated carbocycles. The smallest absolute Gasteiger partial charge is 0.257 e. The van der Waals surface area contributed by atoms with Crippen LogP contribution >= 0.6 is 0 Å². The molecule has 2 amide bonds. The highest BCUT2D eigenvalue weighted by Crippen LogP contribution is 2.28. The van der Waals surface area contributed by atoms with Gasteiger partial charge in [-0.3, -0.25) is 9.59 Å². The molecule has 0 unspecified atom stereocenters. The number of hydrogen-bond acceptors (Lipinski definition) is 3. The second kappa shape index (κ2) is 8.61. The molecule has 1 fully saturated rings. The van der Waals surface area contributed by atoms with Crippen LogP contribution in [0, 0.1) is 5.92 Å². The molecule has 0 saturated heterocycles. The zero-order valence-corrected chi connectivity index (χ0v) is 16.0. The number of rotatable bonds is 6. The van der Waals surface area contributed by atoms with Gasteiger partial charge in [0.15, 0.2) is 0 Å². The fourth-order valence-electron chi connectivity index (χ4n) is 3.22. The van der Waals surface area contributed by atoms with Crippen molar-refractivity contribution in [3.63, 3.8) is 0 Å². The van der Waals surface area contributed by atoms with Crippen LogP contribution in [-0.4, -0.2) is 11.8 Å². The summed E-state index contributed by atoms with van der Waals surface area (Å²) in [4.78, 5) is 25.0. The predicted molar refractivity (Wildman–Crippen MR) is 117 cm³/mol. The summed E-state index contributed by atoms with van der Waals surface area (Å²) in [6.07, 6.45) is 2.93. The van der Waals surface area contributed by atoms with Gasteiger partial charge in [0.2, 0.25) is 5.91 Å². The van der Waals surface area contributed by atoms with Crippen LogP contribution in [0.1, 0.15) is 29.6 Å². The van der Waals surface area contributed by atoms with Gasteiger partial charge in [-0.15, -0.1) is 0 Å². The van der Waals surface area contributed by atoms with E-state index in [1.165, 1.54) is 0 Å². The molecule has 0 heterocycles. The minimum Gasteiger partial charge on any atom is -0.356 e. The molecule has 3 aromatic rings. The Morgan fingerprint density at radius 1 is 0.690 bits per heavy atom. The van der Waals surface area contributed by atoms with Crippen molar-refractivity contribution in [3.05, 3.63) is 84.4 Å². The highest BCUT2D eigenvalue weighted by Gasteiger charge is 2.26. The zero-order chi connectivity index (χ0) is 20.1. The van der Waals surface area contributed by atoms with Gasteiger partial charge in [0, 0.05) is 23.0 Å². The first-order chi connectivity index (χ1) is 14.2. The highest BCUT2D eigenvalue weighted by molar-refractivity contribution is 6.10. The molecule has 29 heavy (non-hydrogen) atoms. The highest BCUT2D eigenvalue weighted by atomic mass is 16.2. The van der Waals surface area contributed by atoms with Gasteiger partial charge in [-0.05, 0) is 61.4 Å². The first-order valence-electron chi connectivity index (χ1n) is 9.82. The lowest BCUT2D eigenvalue weighted by molar-refractivity contribution is -0.122. The minimum absolute atomic E-state index is 0.00663. The van der Waals surface area contributed by atoms with Crippen LogP contribution < -0.4 is 16.0 Å². The van der Waals surface area contributed by atoms with Crippen LogP contribution in [0.3, 0.4) is 0 Å². The summed E-state index contributed by atoms with van der Waals surface area (Å²) in [6.45, 7) is 0. The number of benzene rings is 3. The molecular formula is C24H23N3O2. The second-order valence-electron chi connectivity index (χ2n) is 7.19. The quantitative estimate of drug-likeness (QED) is 0.530. The summed E-state index contributed by atoms with van der Waals surface area (Å²) in [5.41, 5.74) is 3.62. The molecule has 3 N–H and O–H groups in total. The Labute approximate surface area is 170 Å². The van der Waals surface area contributed by atoms with Crippen molar-refractivity contribution < 1.29 is 9.59 Å². The lowest BCUT2D eigenvalue weighted by Crippen LogP contribution is -2.29. The van der Waals surface area contributed by atoms with E-state index in [0.717, 1.165) is 30.6 Å². The molecule has 0 aliphatic heterocycles. The third-order valence-electron chi connectivity index (χ3n) is 5.11. The number of anilines is 4. The third-order valence-corrected chi connectivity index (χ3v) is 5.11. The van der Waals surface area contributed by atoms with Gasteiger partial charge in [0.1, 0.15) is 0 Å². The molecule has 5 nitrogen and oxygen atoms in total. The summed E-state index contributed by atoms with van der Waals surface area (Å²) < 4.78 is 0. The van der Waals surface area contributed by atoms with Crippen molar-refractivity contribution in [1.29, 1.82) is 0 Å². The minimum atomic E-state index is -0.252. The van der Waals surface area contributed by atoms with Crippen LogP contribution in [-0.2, 0) is 4.79 Å². The molecule has 0 bridgehead atoms. The van der Waals surface area contributed by atoms with E-state index in [1.54, 1.807) is 18.2 Å². The van der Waals surface area contributed by atoms with Crippen molar-refractivity contribution >= 4 is 34.6 Å². The Morgan fingerprint density at radius 3 is 2.00 bits per heavy atom. The lowest BCUT2D eigenvalue weighted by Gasteiger charge is -2.24. The molecule has 0 aromatic heterocycles. The van der Waals surface area contributed by atoms with Gasteiger partial charge in [-0.25, -0.2) is 0 Å². The number of carbonyl (C=O) groups is 2. The van der Waals surface area contributed by atoms with Gasteiger partial charge in [-0.2, -0.15) is 0 Å². The van der Waals surface area contributed by atoms with E-state index in [2.05, 4.69) is 16.0 Å². The maximum atomic E-state index is 12.8. The van der Waals surface area contributed by atoms with E-state index in [1.807, 2.05) is 60.7 Å². The van der Waals surface area contributed by atoms with Gasteiger partial charge < -0.3 is 16.0 Å². The van der Waals surface area contributed by atoms with Crippen LogP contribution in [0.15, 0.2) is 78.9 Å². The number of para-hydroxylation sites is 2. The van der Waals surface area contributed by atoms with Crippen molar-refractivity contribution in [3.8, 4) is 0 Å². The molecule has 0 radical (unpaired) electrons. The maximum Gasteiger partial charge on any atom is 0.257 e. The van der Waals surface area contributed by atoms with Crippen LogP contribution in [0.4, 0.5) is 22.7 Å². The van der Waals surface area contributed by atoms with Crippen molar-refractivity contribution in [2.45, 2.75) is 19.3 Å². The lowest BCUT2D eigenvalue weighted by atomic mass is 9.85. The fraction of sp³-hybridized carbons (Fsp3) is 0.167. The standard InChI is InChI=1S/C24H23N3O2/c28-23(17-7-6-8-17)27-22-12-5-4-11-21(22)24(29)26-20-15-13-19(14-16-20)25-18-9-2-1-3-10-18/h1-5,9-17,25H,6-8H2,(H,26,29)(H,27,28). The van der Waals surface area contributed by atoms with Crippen molar-refractivity contribution in [1.82, 2.24) is 0 Å². The average Bonchev–Trinajstić information content (AvgIpc) is 2.69. The number of hydrogen-bond donors (Lipinski definition) is 3. The summed E-state index contributed by atoms with van der Waals surface area (Å²) >= 11 is 0. The summed E-state index contributed by atoms with van der Waals surface area (Å²) in [5, 5.41) is 9.12. The predicted octanol–water partition coefficient (Wildman–Crippen LogP) is 5.42. The molecular weight excluding hydrogens is 362 g/mol. The summed E-state index contributed by atoms with van der Waals surface area (Å²) in [6, 6.07) is 24.5. The van der Waals surface area contributed by atoms with E-state index in [0.29, 0.717) is 16.9 Å². The molecule has 0 atom stereocenters. The molecule has 3 aromatic carbocycles. The third kappa shape index (κ3) is 4.63. The molecule has 5 heteroatoms. The molecule has 1 aliphatic carbocycles. The zero-order valence-electron chi connectivity index (χ0n) is 16.0. The van der Waals surface area contributed by atoms with Gasteiger partial charge in [0.25, 0.3) is 5.91 Å². The largest absolute Gasteiger partial charge is 0.356 e. The second-order valence-corrected chi connectivity index (χ2v) is 7.19. The fourth-order valence-corrected chi connectivity index (χ4v) is 3.22. The van der Waals surface area contributed by atoms with E-state index in [4.69, 9.17) is 0 Å². The van der Waals surface area contributed by atoms with E-state index in [-0.39, 0.29) is 17.7 Å². The van der Waals surface area contributed by atoms with Crippen molar-refractivity contribution in [2.75, 3.05) is 16.0 Å². The SMILES string of the molecule is O=C(Nc1ccc(Nc2ccccc2)cc1)c1ccccc1NC(=O)C1CCC1. The normalized spacial score (nSPS) is 13.2. The monoisotopic (exact) mass is 385 g/mol. The Bertz CT molecular complexity index is 996. The molecule has 1 aliphatic rings. The summed E-state index contributed by atoms with van der Waals surface area (Å²) in [7, 11) is 0. The van der Waals surface area contributed by atoms with Gasteiger partial charge in [-0.1, -0.05) is 36.8 Å². The Kier molecular flexibility index (Phi) is 5.56. The van der Waals surface area contributed by atoms with E-state index < -0.39 is 0 Å². The van der Waals surface area contributed by atoms with Crippen molar-refractivity contribution in [2.24, 2.45) is 5.92 Å². The van der Waals surface area contributed by atoms with E-state index in [9.17, 15) is 9.59 Å². The van der Waals surface area contributed by atoms with Crippen LogP contribution in [0.2, 0.25) is 0 Å². The average molecular weight is 385 g/mol. The Hall–Kier alpha value is -3.60. The topological polar surface area (TPSA) is 70.2 Å². The molecule has 0 spiro atoms. The maximum absolute atomic E-state index is 12.8. The first-order valence-corrected chi connectivity index (χ1v) is 9.82. The number of amides is 2. The Morgan fingerprint density at radius 2 is 1.31 bits per heavy atom. The van der Waals surface area contributed by atoms with Crippen LogP contribution in [0.5, 0.6) is 0 Å². The van der Waals surface area contributed by atoms with Gasteiger partial charge >= 0.3 is 0 Å². The molecule has 4 rings (SSSR count). The number of carbonyl (C=O) groups excluding carboxylic acids is 2. The summed E-state index contributed by atoms with van der Waals surface area (Å²) in [5.74, 6) is -0.193. The number of nitrogens with one attached hydrogen (secondary N) is 3. The van der Waals surface area contributed by atoms with Crippen LogP contribution in [0.25, 0.3) is 0 Å². The molecule has 146 valence electrons. The van der Waals surface area contributed by atoms with Gasteiger partial charge in [0.05, 0.1) is 11.3 Å². The van der Waals surface area contributed by atoms with E-state index >= 15 is 0 Å². The Balaban J connectivity index is 1.42.